The van der Waals surface area contributed by atoms with Crippen molar-refractivity contribution in [2.24, 2.45) is 5.73 Å². The van der Waals surface area contributed by atoms with Gasteiger partial charge in [-0.3, -0.25) is 4.79 Å². The number of nitrogens with one attached hydrogen (secondary N) is 1. The van der Waals surface area contributed by atoms with Gasteiger partial charge >= 0.3 is 0 Å². The minimum Gasteiger partial charge on any atom is -0.364 e. The van der Waals surface area contributed by atoms with Crippen LogP contribution < -0.4 is 11.1 Å². The lowest BCUT2D eigenvalue weighted by Gasteiger charge is -2.14. The van der Waals surface area contributed by atoms with Crippen molar-refractivity contribution in [3.63, 3.8) is 0 Å². The second-order valence-corrected chi connectivity index (χ2v) is 5.36. The SMILES string of the molecule is Cl.NC[C@H]1CC[C@@H](C(=O)NCc2ccccc2-n2cccn2)O1. The molecule has 1 fully saturated rings. The van der Waals surface area contributed by atoms with Crippen LogP contribution >= 0.6 is 12.4 Å². The summed E-state index contributed by atoms with van der Waals surface area (Å²) in [5.41, 5.74) is 7.53. The van der Waals surface area contributed by atoms with E-state index in [4.69, 9.17) is 10.5 Å². The zero-order valence-electron chi connectivity index (χ0n) is 12.7. The van der Waals surface area contributed by atoms with Crippen LogP contribution in [0.15, 0.2) is 42.7 Å². The van der Waals surface area contributed by atoms with Gasteiger partial charge in [-0.25, -0.2) is 4.68 Å². The van der Waals surface area contributed by atoms with Gasteiger partial charge in [0.25, 0.3) is 0 Å². The van der Waals surface area contributed by atoms with Crippen molar-refractivity contribution in [3.8, 4) is 5.69 Å². The summed E-state index contributed by atoms with van der Waals surface area (Å²) in [5, 5.41) is 7.18. The molecule has 0 spiro atoms. The molecule has 1 aromatic carbocycles. The highest BCUT2D eigenvalue weighted by Gasteiger charge is 2.29. The second-order valence-electron chi connectivity index (χ2n) is 5.36. The van der Waals surface area contributed by atoms with Crippen molar-refractivity contribution >= 4 is 18.3 Å². The number of benzene rings is 1. The average molecular weight is 337 g/mol. The van der Waals surface area contributed by atoms with Gasteiger partial charge in [-0.15, -0.1) is 12.4 Å². The van der Waals surface area contributed by atoms with Crippen LogP contribution in [0.2, 0.25) is 0 Å². The highest BCUT2D eigenvalue weighted by Crippen LogP contribution is 2.19. The molecule has 1 aliphatic rings. The molecule has 2 aromatic rings. The molecule has 6 nitrogen and oxygen atoms in total. The lowest BCUT2D eigenvalue weighted by atomic mass is 10.1. The molecule has 3 N–H and O–H groups in total. The highest BCUT2D eigenvalue weighted by atomic mass is 35.5. The van der Waals surface area contributed by atoms with Crippen LogP contribution in [0, 0.1) is 0 Å². The first-order valence-corrected chi connectivity index (χ1v) is 7.49. The fourth-order valence-electron chi connectivity index (χ4n) is 2.66. The molecule has 0 saturated carbocycles. The normalized spacial score (nSPS) is 20.0. The van der Waals surface area contributed by atoms with Gasteiger partial charge in [0.15, 0.2) is 0 Å². The number of carbonyl (C=O) groups excluding carboxylic acids is 1. The summed E-state index contributed by atoms with van der Waals surface area (Å²) in [5.74, 6) is -0.0776. The van der Waals surface area contributed by atoms with Gasteiger partial charge in [0, 0.05) is 25.5 Å². The van der Waals surface area contributed by atoms with Crippen molar-refractivity contribution in [3.05, 3.63) is 48.3 Å². The Bertz CT molecular complexity index is 633. The number of halogens is 1. The molecule has 0 unspecified atom stereocenters. The molecule has 0 radical (unpaired) electrons. The number of nitrogens with zero attached hydrogens (tertiary/aromatic N) is 2. The second kappa shape index (κ2) is 8.10. The van der Waals surface area contributed by atoms with Crippen molar-refractivity contribution < 1.29 is 9.53 Å². The zero-order chi connectivity index (χ0) is 15.4. The predicted octanol–water partition coefficient (Wildman–Crippen LogP) is 1.42. The number of hydrogen-bond acceptors (Lipinski definition) is 4. The molecule has 7 heteroatoms. The standard InChI is InChI=1S/C16H20N4O2.ClH/c17-10-13-6-7-15(22-13)16(21)18-11-12-4-1-2-5-14(12)20-9-3-8-19-20;/h1-5,8-9,13,15H,6-7,10-11,17H2,(H,18,21);1H/t13-,15+;/m1./s1. The Labute approximate surface area is 141 Å². The van der Waals surface area contributed by atoms with Crippen LogP contribution in [0.25, 0.3) is 5.69 Å². The Hall–Kier alpha value is -1.89. The van der Waals surface area contributed by atoms with Crippen LogP contribution in [0.5, 0.6) is 0 Å². The topological polar surface area (TPSA) is 82.2 Å². The third kappa shape index (κ3) is 4.10. The van der Waals surface area contributed by atoms with E-state index in [1.54, 1.807) is 10.9 Å². The number of rotatable bonds is 5. The largest absolute Gasteiger partial charge is 0.364 e. The number of aromatic nitrogens is 2. The van der Waals surface area contributed by atoms with Crippen LogP contribution in [-0.2, 0) is 16.1 Å². The van der Waals surface area contributed by atoms with Crippen molar-refractivity contribution in [1.29, 1.82) is 0 Å². The number of para-hydroxylation sites is 1. The maximum atomic E-state index is 12.2. The number of nitrogens with two attached hydrogens (primary N) is 1. The molecule has 1 amide bonds. The molecular weight excluding hydrogens is 316 g/mol. The van der Waals surface area contributed by atoms with Gasteiger partial charge in [-0.1, -0.05) is 18.2 Å². The summed E-state index contributed by atoms with van der Waals surface area (Å²) in [6.45, 7) is 0.911. The number of carbonyl (C=O) groups is 1. The van der Waals surface area contributed by atoms with Gasteiger partial charge < -0.3 is 15.8 Å². The summed E-state index contributed by atoms with van der Waals surface area (Å²) in [6, 6.07) is 9.73. The zero-order valence-corrected chi connectivity index (χ0v) is 13.5. The monoisotopic (exact) mass is 336 g/mol. The maximum Gasteiger partial charge on any atom is 0.249 e. The summed E-state index contributed by atoms with van der Waals surface area (Å²) in [7, 11) is 0. The van der Waals surface area contributed by atoms with E-state index in [-0.39, 0.29) is 30.5 Å². The summed E-state index contributed by atoms with van der Waals surface area (Å²) >= 11 is 0. The van der Waals surface area contributed by atoms with Gasteiger partial charge in [0.2, 0.25) is 5.91 Å². The minimum absolute atomic E-state index is 0. The fourth-order valence-corrected chi connectivity index (χ4v) is 2.66. The molecule has 124 valence electrons. The Morgan fingerprint density at radius 3 is 2.87 bits per heavy atom. The molecule has 1 aromatic heterocycles. The molecule has 2 heterocycles. The van der Waals surface area contributed by atoms with Crippen LogP contribution in [-0.4, -0.2) is 34.4 Å². The Morgan fingerprint density at radius 2 is 2.17 bits per heavy atom. The molecule has 1 aliphatic heterocycles. The third-order valence-electron chi connectivity index (χ3n) is 3.86. The fraction of sp³-hybridized carbons (Fsp3) is 0.375. The summed E-state index contributed by atoms with van der Waals surface area (Å²) < 4.78 is 7.40. The predicted molar refractivity (Wildman–Crippen MR) is 89.6 cm³/mol. The van der Waals surface area contributed by atoms with E-state index in [2.05, 4.69) is 10.4 Å². The van der Waals surface area contributed by atoms with Gasteiger partial charge in [0.1, 0.15) is 6.10 Å². The molecule has 0 aliphatic carbocycles. The first kappa shape index (κ1) is 17.5. The van der Waals surface area contributed by atoms with Crippen LogP contribution in [0.3, 0.4) is 0 Å². The smallest absolute Gasteiger partial charge is 0.249 e. The van der Waals surface area contributed by atoms with Gasteiger partial charge in [-0.2, -0.15) is 5.10 Å². The van der Waals surface area contributed by atoms with Crippen molar-refractivity contribution in [1.82, 2.24) is 15.1 Å². The van der Waals surface area contributed by atoms with Gasteiger partial charge in [-0.05, 0) is 30.5 Å². The van der Waals surface area contributed by atoms with Crippen LogP contribution in [0.4, 0.5) is 0 Å². The van der Waals surface area contributed by atoms with E-state index in [0.717, 1.165) is 24.1 Å². The number of amides is 1. The summed E-state index contributed by atoms with van der Waals surface area (Å²) in [6.07, 6.45) is 4.81. The van der Waals surface area contributed by atoms with Crippen molar-refractivity contribution in [2.75, 3.05) is 6.54 Å². The van der Waals surface area contributed by atoms with E-state index in [1.807, 2.05) is 36.5 Å². The highest BCUT2D eigenvalue weighted by molar-refractivity contribution is 5.85. The van der Waals surface area contributed by atoms with E-state index in [1.165, 1.54) is 0 Å². The van der Waals surface area contributed by atoms with Crippen molar-refractivity contribution in [2.45, 2.75) is 31.6 Å². The quantitative estimate of drug-likeness (QED) is 0.865. The van der Waals surface area contributed by atoms with E-state index >= 15 is 0 Å². The molecule has 0 bridgehead atoms. The van der Waals surface area contributed by atoms with Gasteiger partial charge in [0.05, 0.1) is 11.8 Å². The Morgan fingerprint density at radius 1 is 1.35 bits per heavy atom. The molecule has 2 atom stereocenters. The average Bonchev–Trinajstić information content (AvgIpc) is 3.24. The molecule has 23 heavy (non-hydrogen) atoms. The number of ether oxygens (including phenoxy) is 1. The molecule has 1 saturated heterocycles. The van der Waals surface area contributed by atoms with E-state index in [0.29, 0.717) is 13.1 Å². The lowest BCUT2D eigenvalue weighted by molar-refractivity contribution is -0.132. The molecule has 3 rings (SSSR count). The Balaban J connectivity index is 0.00000192. The third-order valence-corrected chi connectivity index (χ3v) is 3.86. The minimum atomic E-state index is -0.384. The first-order valence-electron chi connectivity index (χ1n) is 7.49. The first-order chi connectivity index (χ1) is 10.8. The molecular formula is C16H21ClN4O2. The van der Waals surface area contributed by atoms with E-state index < -0.39 is 0 Å². The number of hydrogen-bond donors (Lipinski definition) is 2. The summed E-state index contributed by atoms with van der Waals surface area (Å²) in [4.78, 5) is 12.2. The van der Waals surface area contributed by atoms with Crippen LogP contribution in [0.1, 0.15) is 18.4 Å². The maximum absolute atomic E-state index is 12.2. The Kier molecular flexibility index (Phi) is 6.15. The van der Waals surface area contributed by atoms with E-state index in [9.17, 15) is 4.79 Å². The lowest BCUT2D eigenvalue weighted by Crippen LogP contribution is -2.35.